The summed E-state index contributed by atoms with van der Waals surface area (Å²) >= 11 is 5.83. The molecule has 2 aromatic rings. The number of hydrogen-bond donors (Lipinski definition) is 1. The molecule has 0 atom stereocenters. The Labute approximate surface area is 118 Å². The zero-order chi connectivity index (χ0) is 14.0. The number of nitrogens with one attached hydrogen (secondary N) is 1. The molecule has 0 fully saturated rings. The standard InChI is InChI=1S/C13H18ClN5/c1-9-10(6-16-13(2,3)4)5-15-12(18-9)19-8-11(14)7-17-19/h5,7-8,16H,6H2,1-4H3. The van der Waals surface area contributed by atoms with Crippen molar-refractivity contribution in [2.45, 2.75) is 39.8 Å². The molecule has 2 rings (SSSR count). The molecule has 0 bridgehead atoms. The lowest BCUT2D eigenvalue weighted by Gasteiger charge is -2.20. The summed E-state index contributed by atoms with van der Waals surface area (Å²) in [5.41, 5.74) is 2.09. The number of nitrogens with zero attached hydrogens (tertiary/aromatic N) is 4. The van der Waals surface area contributed by atoms with Gasteiger partial charge in [-0.3, -0.25) is 0 Å². The fourth-order valence-corrected chi connectivity index (χ4v) is 1.67. The molecule has 0 saturated heterocycles. The van der Waals surface area contributed by atoms with Crippen LogP contribution in [0.15, 0.2) is 18.6 Å². The lowest BCUT2D eigenvalue weighted by atomic mass is 10.1. The van der Waals surface area contributed by atoms with Crippen LogP contribution in [0.1, 0.15) is 32.0 Å². The molecule has 19 heavy (non-hydrogen) atoms. The molecule has 2 heterocycles. The summed E-state index contributed by atoms with van der Waals surface area (Å²) in [6, 6.07) is 0. The van der Waals surface area contributed by atoms with Gasteiger partial charge < -0.3 is 5.32 Å². The van der Waals surface area contributed by atoms with E-state index < -0.39 is 0 Å². The Balaban J connectivity index is 2.18. The highest BCUT2D eigenvalue weighted by atomic mass is 35.5. The Morgan fingerprint density at radius 2 is 2.05 bits per heavy atom. The predicted molar refractivity (Wildman–Crippen MR) is 75.5 cm³/mol. The van der Waals surface area contributed by atoms with Gasteiger partial charge in [0, 0.05) is 29.5 Å². The summed E-state index contributed by atoms with van der Waals surface area (Å²) in [5, 5.41) is 8.07. The van der Waals surface area contributed by atoms with E-state index >= 15 is 0 Å². The fourth-order valence-electron chi connectivity index (χ4n) is 1.53. The minimum Gasteiger partial charge on any atom is -0.308 e. The van der Waals surface area contributed by atoms with E-state index in [1.807, 2.05) is 13.1 Å². The van der Waals surface area contributed by atoms with Crippen LogP contribution in [0.5, 0.6) is 0 Å². The normalized spacial score (nSPS) is 11.8. The second-order valence-electron chi connectivity index (χ2n) is 5.49. The molecule has 0 amide bonds. The van der Waals surface area contributed by atoms with Crippen molar-refractivity contribution in [1.82, 2.24) is 25.1 Å². The molecular weight excluding hydrogens is 262 g/mol. The van der Waals surface area contributed by atoms with Crippen LogP contribution in [0.4, 0.5) is 0 Å². The van der Waals surface area contributed by atoms with Crippen molar-refractivity contribution in [3.05, 3.63) is 34.9 Å². The second kappa shape index (κ2) is 5.27. The topological polar surface area (TPSA) is 55.6 Å². The molecule has 0 spiro atoms. The molecule has 0 saturated carbocycles. The summed E-state index contributed by atoms with van der Waals surface area (Å²) in [4.78, 5) is 8.76. The number of hydrogen-bond acceptors (Lipinski definition) is 4. The van der Waals surface area contributed by atoms with E-state index in [1.54, 1.807) is 17.1 Å². The largest absolute Gasteiger partial charge is 0.308 e. The van der Waals surface area contributed by atoms with Crippen molar-refractivity contribution < 1.29 is 0 Å². The van der Waals surface area contributed by atoms with E-state index in [9.17, 15) is 0 Å². The zero-order valence-corrected chi connectivity index (χ0v) is 12.4. The van der Waals surface area contributed by atoms with Gasteiger partial charge in [0.1, 0.15) is 0 Å². The number of halogens is 1. The van der Waals surface area contributed by atoms with Gasteiger partial charge in [0.05, 0.1) is 17.4 Å². The van der Waals surface area contributed by atoms with Gasteiger partial charge in [-0.05, 0) is 27.7 Å². The molecule has 5 nitrogen and oxygen atoms in total. The Hall–Kier alpha value is -1.46. The molecule has 0 radical (unpaired) electrons. The quantitative estimate of drug-likeness (QED) is 0.938. The van der Waals surface area contributed by atoms with Crippen LogP contribution < -0.4 is 5.32 Å². The van der Waals surface area contributed by atoms with Gasteiger partial charge in [0.2, 0.25) is 0 Å². The number of aromatic nitrogens is 4. The van der Waals surface area contributed by atoms with E-state index in [2.05, 4.69) is 41.2 Å². The molecule has 102 valence electrons. The van der Waals surface area contributed by atoms with Gasteiger partial charge in [-0.2, -0.15) is 5.10 Å². The molecule has 0 aliphatic carbocycles. The maximum Gasteiger partial charge on any atom is 0.250 e. The van der Waals surface area contributed by atoms with Crippen molar-refractivity contribution in [3.8, 4) is 5.95 Å². The predicted octanol–water partition coefficient (Wildman–Crippen LogP) is 2.51. The molecule has 0 aliphatic heterocycles. The monoisotopic (exact) mass is 279 g/mol. The van der Waals surface area contributed by atoms with Crippen molar-refractivity contribution in [2.24, 2.45) is 0 Å². The van der Waals surface area contributed by atoms with Crippen LogP contribution in [0.25, 0.3) is 5.95 Å². The zero-order valence-electron chi connectivity index (χ0n) is 11.6. The third-order valence-corrected chi connectivity index (χ3v) is 2.83. The van der Waals surface area contributed by atoms with Crippen LogP contribution in [0.3, 0.4) is 0 Å². The smallest absolute Gasteiger partial charge is 0.250 e. The summed E-state index contributed by atoms with van der Waals surface area (Å²) in [5.74, 6) is 0.531. The number of rotatable bonds is 3. The lowest BCUT2D eigenvalue weighted by Crippen LogP contribution is -2.35. The van der Waals surface area contributed by atoms with E-state index in [4.69, 9.17) is 11.6 Å². The molecule has 6 heteroatoms. The molecular formula is C13H18ClN5. The van der Waals surface area contributed by atoms with Gasteiger partial charge in [0.15, 0.2) is 0 Å². The van der Waals surface area contributed by atoms with E-state index in [0.717, 1.165) is 17.8 Å². The highest BCUT2D eigenvalue weighted by Crippen LogP contribution is 2.11. The van der Waals surface area contributed by atoms with Gasteiger partial charge in [-0.25, -0.2) is 14.6 Å². The van der Waals surface area contributed by atoms with Crippen LogP contribution in [0.2, 0.25) is 5.02 Å². The SMILES string of the molecule is Cc1nc(-n2cc(Cl)cn2)ncc1CNC(C)(C)C. The maximum absolute atomic E-state index is 5.83. The molecule has 1 N–H and O–H groups in total. The van der Waals surface area contributed by atoms with E-state index in [-0.39, 0.29) is 5.54 Å². The van der Waals surface area contributed by atoms with Crippen LogP contribution in [-0.4, -0.2) is 25.3 Å². The average molecular weight is 280 g/mol. The van der Waals surface area contributed by atoms with Gasteiger partial charge in [-0.1, -0.05) is 11.6 Å². The minimum atomic E-state index is 0.0701. The van der Waals surface area contributed by atoms with Crippen LogP contribution in [0, 0.1) is 6.92 Å². The molecule has 0 aromatic carbocycles. The van der Waals surface area contributed by atoms with Gasteiger partial charge >= 0.3 is 0 Å². The number of aryl methyl sites for hydroxylation is 1. The van der Waals surface area contributed by atoms with E-state index in [0.29, 0.717) is 11.0 Å². The summed E-state index contributed by atoms with van der Waals surface area (Å²) < 4.78 is 1.57. The highest BCUT2D eigenvalue weighted by Gasteiger charge is 2.11. The van der Waals surface area contributed by atoms with Crippen molar-refractivity contribution in [1.29, 1.82) is 0 Å². The Kier molecular flexibility index (Phi) is 3.87. The molecule has 2 aromatic heterocycles. The van der Waals surface area contributed by atoms with Crippen LogP contribution in [-0.2, 0) is 6.54 Å². The van der Waals surface area contributed by atoms with Crippen molar-refractivity contribution in [3.63, 3.8) is 0 Å². The summed E-state index contributed by atoms with van der Waals surface area (Å²) in [6.45, 7) is 9.10. The highest BCUT2D eigenvalue weighted by molar-refractivity contribution is 6.30. The first-order chi connectivity index (χ1) is 8.85. The average Bonchev–Trinajstić information content (AvgIpc) is 2.73. The maximum atomic E-state index is 5.83. The first-order valence-corrected chi connectivity index (χ1v) is 6.51. The second-order valence-corrected chi connectivity index (χ2v) is 5.92. The fraction of sp³-hybridized carbons (Fsp3) is 0.462. The summed E-state index contributed by atoms with van der Waals surface area (Å²) in [7, 11) is 0. The molecule has 0 unspecified atom stereocenters. The Bertz CT molecular complexity index is 571. The van der Waals surface area contributed by atoms with Crippen molar-refractivity contribution in [2.75, 3.05) is 0 Å². The van der Waals surface area contributed by atoms with Crippen LogP contribution >= 0.6 is 11.6 Å². The summed E-state index contributed by atoms with van der Waals surface area (Å²) in [6.07, 6.45) is 5.07. The first-order valence-electron chi connectivity index (χ1n) is 6.13. The third kappa shape index (κ3) is 3.75. The Morgan fingerprint density at radius 3 is 2.58 bits per heavy atom. The van der Waals surface area contributed by atoms with Gasteiger partial charge in [0.25, 0.3) is 5.95 Å². The van der Waals surface area contributed by atoms with E-state index in [1.165, 1.54) is 0 Å². The first kappa shape index (κ1) is 14.0. The third-order valence-electron chi connectivity index (χ3n) is 2.63. The lowest BCUT2D eigenvalue weighted by molar-refractivity contribution is 0.423. The van der Waals surface area contributed by atoms with Crippen molar-refractivity contribution >= 4 is 11.6 Å². The minimum absolute atomic E-state index is 0.0701. The Morgan fingerprint density at radius 1 is 1.32 bits per heavy atom. The molecule has 0 aliphatic rings. The van der Waals surface area contributed by atoms with Gasteiger partial charge in [-0.15, -0.1) is 0 Å².